The number of hydrogen-bond acceptors (Lipinski definition) is 4. The maximum Gasteiger partial charge on any atom is 0.293 e. The molecule has 0 radical (unpaired) electrons. The minimum absolute atomic E-state index is 0.00285. The minimum atomic E-state index is 0.00285. The first-order valence-electron chi connectivity index (χ1n) is 6.23. The predicted octanol–water partition coefficient (Wildman–Crippen LogP) is 0.451. The normalized spacial score (nSPS) is 20.2. The van der Waals surface area contributed by atoms with Gasteiger partial charge in [-0.25, -0.2) is 4.98 Å². The molecule has 1 aromatic rings. The van der Waals surface area contributed by atoms with Crippen LogP contribution in [0.1, 0.15) is 19.8 Å². The molecule has 1 unspecified atom stereocenters. The zero-order valence-electron chi connectivity index (χ0n) is 10.5. The van der Waals surface area contributed by atoms with Crippen LogP contribution in [0.2, 0.25) is 0 Å². The first-order valence-corrected chi connectivity index (χ1v) is 6.23. The second-order valence-corrected chi connectivity index (χ2v) is 4.45. The maximum atomic E-state index is 12.1. The quantitative estimate of drug-likeness (QED) is 0.828. The Labute approximate surface area is 101 Å². The van der Waals surface area contributed by atoms with E-state index in [9.17, 15) is 4.79 Å². The highest BCUT2D eigenvalue weighted by atomic mass is 16.1. The number of aromatic nitrogens is 2. The minimum Gasteiger partial charge on any atom is -0.351 e. The SMILES string of the molecule is CCn1ccnc(N(C)C2CCCNC2)c1=O. The highest BCUT2D eigenvalue weighted by Crippen LogP contribution is 2.12. The van der Waals surface area contributed by atoms with E-state index in [1.54, 1.807) is 17.0 Å². The highest BCUT2D eigenvalue weighted by molar-refractivity contribution is 5.36. The van der Waals surface area contributed by atoms with E-state index >= 15 is 0 Å². The summed E-state index contributed by atoms with van der Waals surface area (Å²) >= 11 is 0. The van der Waals surface area contributed by atoms with Gasteiger partial charge in [-0.2, -0.15) is 0 Å². The number of likely N-dealkylation sites (N-methyl/N-ethyl adjacent to an activating group) is 1. The van der Waals surface area contributed by atoms with Gasteiger partial charge < -0.3 is 14.8 Å². The van der Waals surface area contributed by atoms with Crippen molar-refractivity contribution in [2.24, 2.45) is 0 Å². The van der Waals surface area contributed by atoms with Crippen LogP contribution in [0, 0.1) is 0 Å². The fourth-order valence-electron chi connectivity index (χ4n) is 2.26. The highest BCUT2D eigenvalue weighted by Gasteiger charge is 2.21. The Morgan fingerprint density at radius 3 is 3.12 bits per heavy atom. The van der Waals surface area contributed by atoms with Gasteiger partial charge in [0.1, 0.15) is 0 Å². The Bertz CT molecular complexity index is 423. The van der Waals surface area contributed by atoms with E-state index < -0.39 is 0 Å². The fraction of sp³-hybridized carbons (Fsp3) is 0.667. The Kier molecular flexibility index (Phi) is 3.78. The van der Waals surface area contributed by atoms with E-state index in [2.05, 4.69) is 10.3 Å². The van der Waals surface area contributed by atoms with Gasteiger partial charge in [0.2, 0.25) is 0 Å². The molecule has 0 amide bonds. The standard InChI is InChI=1S/C12H20N4O/c1-3-16-8-7-14-11(12(16)17)15(2)10-5-4-6-13-9-10/h7-8,10,13H,3-6,9H2,1-2H3. The van der Waals surface area contributed by atoms with Crippen molar-refractivity contribution < 1.29 is 0 Å². The second kappa shape index (κ2) is 5.31. The van der Waals surface area contributed by atoms with Crippen LogP contribution in [0.4, 0.5) is 5.82 Å². The van der Waals surface area contributed by atoms with Crippen molar-refractivity contribution >= 4 is 5.82 Å². The predicted molar refractivity (Wildman–Crippen MR) is 68.5 cm³/mol. The molecule has 0 aliphatic carbocycles. The molecule has 1 saturated heterocycles. The third-order valence-corrected chi connectivity index (χ3v) is 3.39. The van der Waals surface area contributed by atoms with E-state index in [4.69, 9.17) is 0 Å². The summed E-state index contributed by atoms with van der Waals surface area (Å²) < 4.78 is 1.69. The average molecular weight is 236 g/mol. The van der Waals surface area contributed by atoms with E-state index in [1.165, 1.54) is 0 Å². The summed E-state index contributed by atoms with van der Waals surface area (Å²) in [6, 6.07) is 0.372. The van der Waals surface area contributed by atoms with E-state index in [1.807, 2.05) is 18.9 Å². The van der Waals surface area contributed by atoms with Crippen LogP contribution >= 0.6 is 0 Å². The van der Waals surface area contributed by atoms with Gasteiger partial charge in [-0.05, 0) is 26.3 Å². The molecule has 1 aliphatic rings. The lowest BCUT2D eigenvalue weighted by molar-refractivity contribution is 0.441. The summed E-state index contributed by atoms with van der Waals surface area (Å²) in [6.45, 7) is 4.66. The lowest BCUT2D eigenvalue weighted by Crippen LogP contribution is -2.46. The van der Waals surface area contributed by atoms with Crippen LogP contribution in [-0.4, -0.2) is 35.7 Å². The number of hydrogen-bond donors (Lipinski definition) is 1. The number of nitrogens with one attached hydrogen (secondary N) is 1. The fourth-order valence-corrected chi connectivity index (χ4v) is 2.26. The molecular weight excluding hydrogens is 216 g/mol. The van der Waals surface area contributed by atoms with Gasteiger partial charge >= 0.3 is 0 Å². The molecule has 5 heteroatoms. The molecule has 1 aliphatic heterocycles. The summed E-state index contributed by atoms with van der Waals surface area (Å²) in [6.07, 6.45) is 5.71. The Morgan fingerprint density at radius 1 is 1.65 bits per heavy atom. The topological polar surface area (TPSA) is 50.2 Å². The van der Waals surface area contributed by atoms with Crippen LogP contribution in [0.15, 0.2) is 17.2 Å². The molecule has 1 atom stereocenters. The number of nitrogens with zero attached hydrogens (tertiary/aromatic N) is 3. The van der Waals surface area contributed by atoms with Crippen LogP contribution in [0.3, 0.4) is 0 Å². The summed E-state index contributed by atoms with van der Waals surface area (Å²) in [7, 11) is 1.96. The van der Waals surface area contributed by atoms with Gasteiger partial charge in [0.15, 0.2) is 5.82 Å². The Hall–Kier alpha value is -1.36. The van der Waals surface area contributed by atoms with Gasteiger partial charge in [-0.1, -0.05) is 0 Å². The molecule has 0 aromatic carbocycles. The largest absolute Gasteiger partial charge is 0.351 e. The number of anilines is 1. The third-order valence-electron chi connectivity index (χ3n) is 3.39. The van der Waals surface area contributed by atoms with Gasteiger partial charge in [0.25, 0.3) is 5.56 Å². The smallest absolute Gasteiger partial charge is 0.293 e. The molecule has 5 nitrogen and oxygen atoms in total. The molecule has 1 N–H and O–H groups in total. The van der Waals surface area contributed by atoms with Crippen molar-refractivity contribution in [2.75, 3.05) is 25.0 Å². The molecule has 17 heavy (non-hydrogen) atoms. The van der Waals surface area contributed by atoms with Crippen LogP contribution in [0.25, 0.3) is 0 Å². The Balaban J connectivity index is 2.23. The molecule has 1 aromatic heterocycles. The van der Waals surface area contributed by atoms with Crippen LogP contribution in [0.5, 0.6) is 0 Å². The second-order valence-electron chi connectivity index (χ2n) is 4.45. The Morgan fingerprint density at radius 2 is 2.47 bits per heavy atom. The molecule has 0 bridgehead atoms. The van der Waals surface area contributed by atoms with Crippen molar-refractivity contribution in [3.63, 3.8) is 0 Å². The zero-order valence-corrected chi connectivity index (χ0v) is 10.5. The molecular formula is C12H20N4O. The lowest BCUT2D eigenvalue weighted by atomic mass is 10.1. The van der Waals surface area contributed by atoms with Crippen LogP contribution in [-0.2, 0) is 6.54 Å². The first-order chi connectivity index (χ1) is 8.24. The van der Waals surface area contributed by atoms with Gasteiger partial charge in [-0.3, -0.25) is 4.79 Å². The van der Waals surface area contributed by atoms with Crippen molar-refractivity contribution in [3.05, 3.63) is 22.7 Å². The molecule has 0 saturated carbocycles. The average Bonchev–Trinajstić information content (AvgIpc) is 2.39. The van der Waals surface area contributed by atoms with Gasteiger partial charge in [0.05, 0.1) is 0 Å². The molecule has 2 heterocycles. The lowest BCUT2D eigenvalue weighted by Gasteiger charge is -2.32. The summed E-state index contributed by atoms with van der Waals surface area (Å²) in [5.74, 6) is 0.558. The molecule has 94 valence electrons. The van der Waals surface area contributed by atoms with Crippen molar-refractivity contribution in [1.82, 2.24) is 14.9 Å². The van der Waals surface area contributed by atoms with Gasteiger partial charge in [0, 0.05) is 38.6 Å². The van der Waals surface area contributed by atoms with E-state index in [0.29, 0.717) is 18.4 Å². The molecule has 0 spiro atoms. The zero-order chi connectivity index (χ0) is 12.3. The van der Waals surface area contributed by atoms with E-state index in [0.717, 1.165) is 25.9 Å². The number of rotatable bonds is 3. The number of aryl methyl sites for hydroxylation is 1. The summed E-state index contributed by atoms with van der Waals surface area (Å²) in [5.41, 5.74) is 0.00285. The number of piperidine rings is 1. The van der Waals surface area contributed by atoms with Crippen molar-refractivity contribution in [2.45, 2.75) is 32.4 Å². The third kappa shape index (κ3) is 2.49. The summed E-state index contributed by atoms with van der Waals surface area (Å²) in [5, 5.41) is 3.36. The monoisotopic (exact) mass is 236 g/mol. The molecule has 1 fully saturated rings. The van der Waals surface area contributed by atoms with E-state index in [-0.39, 0.29) is 5.56 Å². The van der Waals surface area contributed by atoms with Crippen LogP contribution < -0.4 is 15.8 Å². The van der Waals surface area contributed by atoms with Crippen molar-refractivity contribution in [3.8, 4) is 0 Å². The molecule has 2 rings (SSSR count). The maximum absolute atomic E-state index is 12.1. The van der Waals surface area contributed by atoms with Crippen molar-refractivity contribution in [1.29, 1.82) is 0 Å². The first kappa shape index (κ1) is 12.1. The van der Waals surface area contributed by atoms with Gasteiger partial charge in [-0.15, -0.1) is 0 Å². The summed E-state index contributed by atoms with van der Waals surface area (Å²) in [4.78, 5) is 18.4.